The number of nitrogens with two attached hydrogens (primary N) is 1. The van der Waals surface area contributed by atoms with Gasteiger partial charge in [0.05, 0.1) is 11.5 Å². The molecule has 130 valence electrons. The lowest BCUT2D eigenvalue weighted by Crippen LogP contribution is -2.27. The third-order valence-corrected chi connectivity index (χ3v) is 5.43. The van der Waals surface area contributed by atoms with Gasteiger partial charge in [-0.2, -0.15) is 5.26 Å². The van der Waals surface area contributed by atoms with Crippen LogP contribution in [-0.2, 0) is 0 Å². The van der Waals surface area contributed by atoms with Crippen molar-refractivity contribution in [2.24, 2.45) is 5.73 Å². The number of benzene rings is 1. The van der Waals surface area contributed by atoms with Crippen LogP contribution in [0.2, 0.25) is 0 Å². The first-order valence-electron chi connectivity index (χ1n) is 7.92. The van der Waals surface area contributed by atoms with Gasteiger partial charge in [-0.25, -0.2) is 4.98 Å². The summed E-state index contributed by atoms with van der Waals surface area (Å²) in [5, 5.41) is 13.2. The van der Waals surface area contributed by atoms with Gasteiger partial charge >= 0.3 is 0 Å². The van der Waals surface area contributed by atoms with Crippen molar-refractivity contribution in [3.05, 3.63) is 62.8 Å². The molecular formula is C18H15N5O2S. The molecule has 3 aromatic rings. The quantitative estimate of drug-likeness (QED) is 0.642. The molecule has 0 fully saturated rings. The highest BCUT2D eigenvalue weighted by Gasteiger charge is 2.35. The number of nitriles is 1. The molecule has 26 heavy (non-hydrogen) atoms. The third kappa shape index (κ3) is 2.33. The first-order valence-corrected chi connectivity index (χ1v) is 8.73. The number of hydrogen-bond donors (Lipinski definition) is 3. The number of H-pyrrole nitrogens is 1. The number of aromatic nitrogens is 2. The fourth-order valence-electron chi connectivity index (χ4n) is 3.09. The maximum atomic E-state index is 12.8. The molecule has 1 aromatic carbocycles. The fraction of sp³-hybridized carbons (Fsp3) is 0.167. The van der Waals surface area contributed by atoms with E-state index in [4.69, 9.17) is 10.5 Å². The largest absolute Gasteiger partial charge is 0.438 e. The summed E-state index contributed by atoms with van der Waals surface area (Å²) < 4.78 is 6.40. The lowest BCUT2D eigenvalue weighted by molar-refractivity contribution is 0.397. The standard InChI is InChI=1S/C18H15N5O2S/c1-8-3-5-9(6-4-8)11-10(7-19)15(20)25-13-12(11)17(24)22-16-14(13)26-18(21-2)23-16/h3-6,11H,20H2,1-2H3,(H2,21,22,23,24). The molecule has 0 bridgehead atoms. The monoisotopic (exact) mass is 365 g/mol. The highest BCUT2D eigenvalue weighted by atomic mass is 32.1. The van der Waals surface area contributed by atoms with Crippen molar-refractivity contribution >= 4 is 26.8 Å². The molecule has 0 spiro atoms. The zero-order valence-electron chi connectivity index (χ0n) is 14.1. The summed E-state index contributed by atoms with van der Waals surface area (Å²) in [5.74, 6) is -0.209. The van der Waals surface area contributed by atoms with Gasteiger partial charge < -0.3 is 20.8 Å². The van der Waals surface area contributed by atoms with E-state index in [1.807, 2.05) is 31.2 Å². The van der Waals surface area contributed by atoms with E-state index in [9.17, 15) is 10.1 Å². The number of nitrogens with one attached hydrogen (secondary N) is 2. The van der Waals surface area contributed by atoms with E-state index in [1.165, 1.54) is 11.3 Å². The van der Waals surface area contributed by atoms with Crippen LogP contribution in [0.4, 0.5) is 5.13 Å². The second-order valence-electron chi connectivity index (χ2n) is 5.98. The molecule has 0 aliphatic carbocycles. The maximum Gasteiger partial charge on any atom is 0.257 e. The lowest BCUT2D eigenvalue weighted by atomic mass is 9.84. The van der Waals surface area contributed by atoms with E-state index in [0.717, 1.165) is 11.1 Å². The minimum atomic E-state index is -0.586. The van der Waals surface area contributed by atoms with Gasteiger partial charge in [0.2, 0.25) is 5.88 Å². The number of aryl methyl sites for hydroxylation is 1. The topological polar surface area (TPSA) is 117 Å². The minimum absolute atomic E-state index is 0.0110. The number of fused-ring (bicyclic) bond motifs is 3. The van der Waals surface area contributed by atoms with Gasteiger partial charge in [-0.3, -0.25) is 4.79 Å². The number of ether oxygens (including phenoxy) is 1. The van der Waals surface area contributed by atoms with Crippen LogP contribution in [0.1, 0.15) is 22.6 Å². The van der Waals surface area contributed by atoms with Crippen LogP contribution in [-0.4, -0.2) is 17.0 Å². The lowest BCUT2D eigenvalue weighted by Gasteiger charge is -2.25. The van der Waals surface area contributed by atoms with Gasteiger partial charge in [-0.1, -0.05) is 41.2 Å². The molecule has 7 nitrogen and oxygen atoms in total. The Hall–Kier alpha value is -3.31. The summed E-state index contributed by atoms with van der Waals surface area (Å²) in [6.07, 6.45) is 0. The average molecular weight is 365 g/mol. The van der Waals surface area contributed by atoms with Crippen molar-refractivity contribution < 1.29 is 4.74 Å². The van der Waals surface area contributed by atoms with Crippen LogP contribution >= 0.6 is 11.3 Å². The summed E-state index contributed by atoms with van der Waals surface area (Å²) >= 11 is 1.35. The first kappa shape index (κ1) is 16.2. The van der Waals surface area contributed by atoms with E-state index in [2.05, 4.69) is 21.4 Å². The van der Waals surface area contributed by atoms with Gasteiger partial charge in [-0.05, 0) is 12.5 Å². The Morgan fingerprint density at radius 2 is 2.12 bits per heavy atom. The number of rotatable bonds is 2. The molecule has 4 N–H and O–H groups in total. The van der Waals surface area contributed by atoms with Crippen LogP contribution in [0.3, 0.4) is 0 Å². The Balaban J connectivity index is 2.05. The predicted octanol–water partition coefficient (Wildman–Crippen LogP) is 2.55. The number of thiazole rings is 1. The number of allylic oxidation sites excluding steroid dienone is 1. The molecule has 3 heterocycles. The molecule has 1 aliphatic heterocycles. The molecule has 0 saturated heterocycles. The summed E-state index contributed by atoms with van der Waals surface area (Å²) in [5.41, 5.74) is 8.62. The molecule has 1 atom stereocenters. The van der Waals surface area contributed by atoms with E-state index in [0.29, 0.717) is 26.8 Å². The SMILES string of the molecule is CNc1nc2[nH]c(=O)c3c(c2s1)OC(N)=C(C#N)C3c1ccc(C)cc1. The molecular weight excluding hydrogens is 350 g/mol. The summed E-state index contributed by atoms with van der Waals surface area (Å²) in [6, 6.07) is 9.77. The Morgan fingerprint density at radius 1 is 1.38 bits per heavy atom. The second kappa shape index (κ2) is 5.89. The smallest absolute Gasteiger partial charge is 0.257 e. The molecule has 0 radical (unpaired) electrons. The molecule has 1 aliphatic rings. The van der Waals surface area contributed by atoms with E-state index < -0.39 is 5.92 Å². The van der Waals surface area contributed by atoms with E-state index in [-0.39, 0.29) is 17.0 Å². The van der Waals surface area contributed by atoms with Gasteiger partial charge in [0.1, 0.15) is 16.3 Å². The van der Waals surface area contributed by atoms with Crippen LogP contribution in [0.5, 0.6) is 5.75 Å². The van der Waals surface area contributed by atoms with Crippen molar-refractivity contribution in [1.29, 1.82) is 5.26 Å². The molecule has 8 heteroatoms. The van der Waals surface area contributed by atoms with Crippen molar-refractivity contribution in [1.82, 2.24) is 9.97 Å². The average Bonchev–Trinajstić information content (AvgIpc) is 3.04. The van der Waals surface area contributed by atoms with Crippen LogP contribution in [0.25, 0.3) is 10.3 Å². The van der Waals surface area contributed by atoms with Gasteiger partial charge in [0.15, 0.2) is 16.5 Å². The number of pyridine rings is 1. The number of hydrogen-bond acceptors (Lipinski definition) is 7. The van der Waals surface area contributed by atoms with Gasteiger partial charge in [-0.15, -0.1) is 0 Å². The zero-order valence-corrected chi connectivity index (χ0v) is 14.9. The molecule has 4 rings (SSSR count). The Labute approximate surface area is 152 Å². The van der Waals surface area contributed by atoms with Crippen molar-refractivity contribution in [2.45, 2.75) is 12.8 Å². The normalized spacial score (nSPS) is 16.1. The van der Waals surface area contributed by atoms with Crippen molar-refractivity contribution in [3.63, 3.8) is 0 Å². The highest BCUT2D eigenvalue weighted by Crippen LogP contribution is 2.44. The van der Waals surface area contributed by atoms with Crippen molar-refractivity contribution in [2.75, 3.05) is 12.4 Å². The maximum absolute atomic E-state index is 12.8. The number of nitrogens with zero attached hydrogens (tertiary/aromatic N) is 2. The van der Waals surface area contributed by atoms with Crippen LogP contribution in [0.15, 0.2) is 40.5 Å². The molecule has 1 unspecified atom stereocenters. The molecule has 2 aromatic heterocycles. The van der Waals surface area contributed by atoms with Gasteiger partial charge in [0.25, 0.3) is 5.56 Å². The Bertz CT molecular complexity index is 1150. The van der Waals surface area contributed by atoms with E-state index >= 15 is 0 Å². The van der Waals surface area contributed by atoms with E-state index in [1.54, 1.807) is 7.05 Å². The zero-order chi connectivity index (χ0) is 18.4. The van der Waals surface area contributed by atoms with Crippen LogP contribution in [0, 0.1) is 18.3 Å². The minimum Gasteiger partial charge on any atom is -0.438 e. The summed E-state index contributed by atoms with van der Waals surface area (Å²) in [7, 11) is 1.75. The predicted molar refractivity (Wildman–Crippen MR) is 100 cm³/mol. The molecule has 0 amide bonds. The third-order valence-electron chi connectivity index (χ3n) is 4.35. The Kier molecular flexibility index (Phi) is 3.67. The molecule has 0 saturated carbocycles. The van der Waals surface area contributed by atoms with Gasteiger partial charge in [0, 0.05) is 7.05 Å². The first-order chi connectivity index (χ1) is 12.5. The summed E-state index contributed by atoms with van der Waals surface area (Å²) in [4.78, 5) is 19.9. The van der Waals surface area contributed by atoms with Crippen molar-refractivity contribution in [3.8, 4) is 11.8 Å². The highest BCUT2D eigenvalue weighted by molar-refractivity contribution is 7.22. The second-order valence-corrected chi connectivity index (χ2v) is 6.98. The number of anilines is 1. The fourth-order valence-corrected chi connectivity index (χ4v) is 3.96. The summed E-state index contributed by atoms with van der Waals surface area (Å²) in [6.45, 7) is 1.98. The van der Waals surface area contributed by atoms with Crippen LogP contribution < -0.4 is 21.3 Å². The number of aromatic amines is 1. The Morgan fingerprint density at radius 3 is 2.77 bits per heavy atom.